The number of halogens is 1. The Labute approximate surface area is 128 Å². The first-order valence-corrected chi connectivity index (χ1v) is 7.50. The van der Waals surface area contributed by atoms with Crippen molar-refractivity contribution in [3.63, 3.8) is 0 Å². The summed E-state index contributed by atoms with van der Waals surface area (Å²) in [5.41, 5.74) is 6.33. The number of hydrogen-bond donors (Lipinski definition) is 1. The van der Waals surface area contributed by atoms with Gasteiger partial charge < -0.3 is 15.2 Å². The van der Waals surface area contributed by atoms with Gasteiger partial charge in [0.25, 0.3) is 0 Å². The van der Waals surface area contributed by atoms with E-state index in [-0.39, 0.29) is 0 Å². The number of thioether (sulfide) groups is 1. The minimum absolute atomic E-state index is 0.609. The van der Waals surface area contributed by atoms with Gasteiger partial charge >= 0.3 is 0 Å². The summed E-state index contributed by atoms with van der Waals surface area (Å²) < 4.78 is 10.7. The summed E-state index contributed by atoms with van der Waals surface area (Å²) in [4.78, 5) is 1.01. The molecule has 2 aromatic carbocycles. The molecule has 106 valence electrons. The first-order chi connectivity index (χ1) is 9.69. The number of benzene rings is 2. The molecule has 3 nitrogen and oxygen atoms in total. The molecule has 2 rings (SSSR count). The van der Waals surface area contributed by atoms with Gasteiger partial charge in [0, 0.05) is 16.3 Å². The molecule has 0 radical (unpaired) electrons. The van der Waals surface area contributed by atoms with Crippen LogP contribution in [0.5, 0.6) is 11.5 Å². The molecule has 0 atom stereocenters. The molecule has 0 aliphatic rings. The van der Waals surface area contributed by atoms with Crippen LogP contribution < -0.4 is 15.2 Å². The summed E-state index contributed by atoms with van der Waals surface area (Å²) in [5, 5.41) is 0.680. The number of ether oxygens (including phenoxy) is 2. The maximum absolute atomic E-state index is 6.10. The third kappa shape index (κ3) is 4.25. The monoisotopic (exact) mass is 309 g/mol. The van der Waals surface area contributed by atoms with Crippen molar-refractivity contribution in [1.82, 2.24) is 0 Å². The van der Waals surface area contributed by atoms with E-state index in [4.69, 9.17) is 26.8 Å². The van der Waals surface area contributed by atoms with Crippen LogP contribution in [0.1, 0.15) is 0 Å². The van der Waals surface area contributed by atoms with Crippen molar-refractivity contribution in [3.8, 4) is 11.5 Å². The van der Waals surface area contributed by atoms with E-state index in [0.29, 0.717) is 17.3 Å². The van der Waals surface area contributed by atoms with Crippen LogP contribution in [0.3, 0.4) is 0 Å². The van der Waals surface area contributed by atoms with E-state index in [9.17, 15) is 0 Å². The van der Waals surface area contributed by atoms with Crippen LogP contribution in [0.25, 0.3) is 0 Å². The Kier molecular flexibility index (Phi) is 5.44. The number of nitrogen functional groups attached to an aromatic ring is 1. The SMILES string of the molecule is COc1ccc(OCCSc2ccc(N)cc2Cl)cc1. The van der Waals surface area contributed by atoms with Crippen molar-refractivity contribution in [2.24, 2.45) is 0 Å². The van der Waals surface area contributed by atoms with Gasteiger partial charge in [0.1, 0.15) is 11.5 Å². The number of rotatable bonds is 6. The van der Waals surface area contributed by atoms with Gasteiger partial charge in [-0.1, -0.05) is 11.6 Å². The smallest absolute Gasteiger partial charge is 0.119 e. The molecule has 0 unspecified atom stereocenters. The highest BCUT2D eigenvalue weighted by atomic mass is 35.5. The first-order valence-electron chi connectivity index (χ1n) is 6.14. The summed E-state index contributed by atoms with van der Waals surface area (Å²) >= 11 is 7.75. The highest BCUT2D eigenvalue weighted by Crippen LogP contribution is 2.28. The molecule has 0 aliphatic heterocycles. The van der Waals surface area contributed by atoms with Crippen LogP contribution in [0.2, 0.25) is 5.02 Å². The largest absolute Gasteiger partial charge is 0.497 e. The molecular formula is C15H16ClNO2S. The van der Waals surface area contributed by atoms with Crippen LogP contribution in [0.4, 0.5) is 5.69 Å². The van der Waals surface area contributed by atoms with Gasteiger partial charge in [0.05, 0.1) is 18.7 Å². The lowest BCUT2D eigenvalue weighted by molar-refractivity contribution is 0.342. The molecule has 5 heteroatoms. The van der Waals surface area contributed by atoms with Crippen molar-refractivity contribution in [3.05, 3.63) is 47.5 Å². The van der Waals surface area contributed by atoms with Crippen molar-refractivity contribution >= 4 is 29.1 Å². The van der Waals surface area contributed by atoms with E-state index in [2.05, 4.69) is 0 Å². The maximum Gasteiger partial charge on any atom is 0.119 e. The zero-order valence-corrected chi connectivity index (χ0v) is 12.7. The maximum atomic E-state index is 6.10. The van der Waals surface area contributed by atoms with E-state index in [1.807, 2.05) is 36.4 Å². The second-order valence-electron chi connectivity index (χ2n) is 4.06. The average molecular weight is 310 g/mol. The molecule has 0 aromatic heterocycles. The Morgan fingerprint density at radius 3 is 2.45 bits per heavy atom. The van der Waals surface area contributed by atoms with E-state index in [1.165, 1.54) is 0 Å². The number of hydrogen-bond acceptors (Lipinski definition) is 4. The second kappa shape index (κ2) is 7.31. The summed E-state index contributed by atoms with van der Waals surface area (Å²) in [7, 11) is 1.64. The Morgan fingerprint density at radius 1 is 1.10 bits per heavy atom. The van der Waals surface area contributed by atoms with Crippen LogP contribution >= 0.6 is 23.4 Å². The van der Waals surface area contributed by atoms with Gasteiger partial charge in [-0.15, -0.1) is 11.8 Å². The first kappa shape index (κ1) is 14.9. The fourth-order valence-electron chi connectivity index (χ4n) is 1.62. The Morgan fingerprint density at radius 2 is 1.80 bits per heavy atom. The lowest BCUT2D eigenvalue weighted by Gasteiger charge is -2.08. The molecule has 0 spiro atoms. The molecule has 0 amide bonds. The highest BCUT2D eigenvalue weighted by Gasteiger charge is 2.02. The van der Waals surface area contributed by atoms with Crippen molar-refractivity contribution in [2.75, 3.05) is 25.2 Å². The quantitative estimate of drug-likeness (QED) is 0.495. The molecule has 0 saturated heterocycles. The van der Waals surface area contributed by atoms with Crippen molar-refractivity contribution < 1.29 is 9.47 Å². The average Bonchev–Trinajstić information content (AvgIpc) is 2.46. The summed E-state index contributed by atoms with van der Waals surface area (Å²) in [6.45, 7) is 0.609. The van der Waals surface area contributed by atoms with Crippen LogP contribution in [0.15, 0.2) is 47.4 Å². The van der Waals surface area contributed by atoms with Crippen molar-refractivity contribution in [2.45, 2.75) is 4.90 Å². The second-order valence-corrected chi connectivity index (χ2v) is 5.61. The zero-order chi connectivity index (χ0) is 14.4. The highest BCUT2D eigenvalue weighted by molar-refractivity contribution is 7.99. The summed E-state index contributed by atoms with van der Waals surface area (Å²) in [6, 6.07) is 13.1. The van der Waals surface area contributed by atoms with Gasteiger partial charge in [0.2, 0.25) is 0 Å². The van der Waals surface area contributed by atoms with E-state index in [0.717, 1.165) is 22.1 Å². The molecule has 0 bridgehead atoms. The molecular weight excluding hydrogens is 294 g/mol. The number of nitrogens with two attached hydrogens (primary N) is 1. The predicted molar refractivity (Wildman–Crippen MR) is 85.1 cm³/mol. The minimum Gasteiger partial charge on any atom is -0.497 e. The molecule has 0 heterocycles. The van der Waals surface area contributed by atoms with Gasteiger partial charge in [0.15, 0.2) is 0 Å². The fourth-order valence-corrected chi connectivity index (χ4v) is 2.72. The third-order valence-electron chi connectivity index (χ3n) is 2.62. The predicted octanol–water partition coefficient (Wildman–Crippen LogP) is 4.10. The van der Waals surface area contributed by atoms with E-state index < -0.39 is 0 Å². The van der Waals surface area contributed by atoms with Gasteiger partial charge in [-0.2, -0.15) is 0 Å². The van der Waals surface area contributed by atoms with E-state index >= 15 is 0 Å². The molecule has 0 aliphatic carbocycles. The Hall–Kier alpha value is -1.52. The Balaban J connectivity index is 1.78. The zero-order valence-electron chi connectivity index (χ0n) is 11.1. The Bertz CT molecular complexity index is 560. The van der Waals surface area contributed by atoms with Crippen molar-refractivity contribution in [1.29, 1.82) is 0 Å². The standard InChI is InChI=1S/C15H16ClNO2S/c1-18-12-3-5-13(6-4-12)19-8-9-20-15-7-2-11(17)10-14(15)16/h2-7,10H,8-9,17H2,1H3. The summed E-state index contributed by atoms with van der Waals surface area (Å²) in [6.07, 6.45) is 0. The van der Waals surface area contributed by atoms with Gasteiger partial charge in [-0.05, 0) is 42.5 Å². The fraction of sp³-hybridized carbons (Fsp3) is 0.200. The molecule has 2 N–H and O–H groups in total. The lowest BCUT2D eigenvalue weighted by atomic mass is 10.3. The topological polar surface area (TPSA) is 44.5 Å². The van der Waals surface area contributed by atoms with E-state index in [1.54, 1.807) is 24.9 Å². The van der Waals surface area contributed by atoms with Crippen LogP contribution in [0, 0.1) is 0 Å². The molecule has 2 aromatic rings. The van der Waals surface area contributed by atoms with Gasteiger partial charge in [-0.3, -0.25) is 0 Å². The third-order valence-corrected chi connectivity index (χ3v) is 4.09. The molecule has 20 heavy (non-hydrogen) atoms. The number of anilines is 1. The van der Waals surface area contributed by atoms with Crippen LogP contribution in [-0.2, 0) is 0 Å². The van der Waals surface area contributed by atoms with Gasteiger partial charge in [-0.25, -0.2) is 0 Å². The minimum atomic E-state index is 0.609. The van der Waals surface area contributed by atoms with Crippen LogP contribution in [-0.4, -0.2) is 19.5 Å². The summed E-state index contributed by atoms with van der Waals surface area (Å²) in [5.74, 6) is 2.46. The normalized spacial score (nSPS) is 10.3. The lowest BCUT2D eigenvalue weighted by Crippen LogP contribution is -2.00. The molecule has 0 fully saturated rings. The molecule has 0 saturated carbocycles. The number of methoxy groups -OCH3 is 1.